The predicted octanol–water partition coefficient (Wildman–Crippen LogP) is 4.44. The van der Waals surface area contributed by atoms with Gasteiger partial charge in [0, 0.05) is 49.4 Å². The molecule has 2 aromatic heterocycles. The Bertz CT molecular complexity index is 1570. The lowest BCUT2D eigenvalue weighted by Gasteiger charge is -2.42. The Labute approximate surface area is 214 Å². The molecule has 4 aromatic rings. The minimum atomic E-state index is -0.0692. The van der Waals surface area contributed by atoms with E-state index >= 15 is 0 Å². The number of benzene rings is 2. The second kappa shape index (κ2) is 9.56. The fraction of sp³-hybridized carbons (Fsp3) is 0.333. The van der Waals surface area contributed by atoms with E-state index in [0.717, 1.165) is 60.9 Å². The van der Waals surface area contributed by atoms with E-state index in [2.05, 4.69) is 11.0 Å². The smallest absolute Gasteiger partial charge is 0.250 e. The molecule has 37 heavy (non-hydrogen) atoms. The molecule has 0 radical (unpaired) electrons. The lowest BCUT2D eigenvalue weighted by atomic mass is 9.83. The summed E-state index contributed by atoms with van der Waals surface area (Å²) in [5.41, 5.74) is 3.87. The number of ether oxygens (including phenoxy) is 2. The highest BCUT2D eigenvalue weighted by Crippen LogP contribution is 2.35. The molecule has 0 aliphatic carbocycles. The molecule has 0 unspecified atom stereocenters. The number of hydrogen-bond acceptors (Lipinski definition) is 6. The number of aryl methyl sites for hydroxylation is 1. The van der Waals surface area contributed by atoms with Gasteiger partial charge in [-0.05, 0) is 55.2 Å². The van der Waals surface area contributed by atoms with Gasteiger partial charge in [0.25, 0.3) is 5.56 Å². The fourth-order valence-corrected chi connectivity index (χ4v) is 5.91. The zero-order chi connectivity index (χ0) is 25.5. The molecule has 2 atom stereocenters. The first kappa shape index (κ1) is 23.6. The van der Waals surface area contributed by atoms with E-state index < -0.39 is 0 Å². The topological polar surface area (TPSA) is 73.9 Å². The van der Waals surface area contributed by atoms with E-state index in [9.17, 15) is 9.59 Å². The average molecular weight is 499 g/mol. The molecule has 7 nitrogen and oxygen atoms in total. The second-order valence-corrected chi connectivity index (χ2v) is 10.1. The third-order valence-electron chi connectivity index (χ3n) is 7.76. The van der Waals surface area contributed by atoms with E-state index in [-0.39, 0.29) is 11.0 Å². The number of fused-ring (bicyclic) bond motifs is 5. The molecule has 190 valence electrons. The number of pyridine rings is 1. The molecule has 0 saturated carbocycles. The Hall–Kier alpha value is -3.84. The van der Waals surface area contributed by atoms with Crippen LogP contribution in [-0.4, -0.2) is 42.8 Å². The van der Waals surface area contributed by atoms with Crippen LogP contribution in [0.2, 0.25) is 0 Å². The number of piperidine rings is 1. The van der Waals surface area contributed by atoms with Crippen LogP contribution < -0.4 is 20.5 Å². The van der Waals surface area contributed by atoms with Crippen molar-refractivity contribution >= 4 is 11.0 Å². The molecular formula is C30H30N2O5. The summed E-state index contributed by atoms with van der Waals surface area (Å²) in [4.78, 5) is 27.9. The van der Waals surface area contributed by atoms with Crippen molar-refractivity contribution in [3.8, 4) is 22.6 Å². The summed E-state index contributed by atoms with van der Waals surface area (Å²) in [5.74, 6) is 2.34. The van der Waals surface area contributed by atoms with Gasteiger partial charge in [0.15, 0.2) is 0 Å². The molecule has 2 aliphatic rings. The van der Waals surface area contributed by atoms with Gasteiger partial charge in [-0.15, -0.1) is 0 Å². The zero-order valence-electron chi connectivity index (χ0n) is 21.1. The highest BCUT2D eigenvalue weighted by Gasteiger charge is 2.34. The molecule has 2 bridgehead atoms. The fourth-order valence-electron chi connectivity index (χ4n) is 5.91. The average Bonchev–Trinajstić information content (AvgIpc) is 2.91. The van der Waals surface area contributed by atoms with Crippen molar-refractivity contribution in [2.45, 2.75) is 25.8 Å². The quantitative estimate of drug-likeness (QED) is 0.391. The summed E-state index contributed by atoms with van der Waals surface area (Å²) in [7, 11) is 1.61. The summed E-state index contributed by atoms with van der Waals surface area (Å²) in [6.45, 7) is 5.98. The minimum Gasteiger partial charge on any atom is -0.497 e. The molecule has 7 heteroatoms. The number of aromatic nitrogens is 1. The van der Waals surface area contributed by atoms with Crippen molar-refractivity contribution in [3.05, 3.63) is 92.7 Å². The zero-order valence-corrected chi connectivity index (χ0v) is 21.1. The summed E-state index contributed by atoms with van der Waals surface area (Å²) >= 11 is 0. The molecule has 4 heterocycles. The van der Waals surface area contributed by atoms with Gasteiger partial charge in [0.05, 0.1) is 18.1 Å². The van der Waals surface area contributed by atoms with Crippen LogP contribution in [0.1, 0.15) is 23.6 Å². The van der Waals surface area contributed by atoms with E-state index in [4.69, 9.17) is 13.9 Å². The van der Waals surface area contributed by atoms with Crippen LogP contribution in [-0.2, 0) is 6.54 Å². The Morgan fingerprint density at radius 1 is 1.00 bits per heavy atom. The van der Waals surface area contributed by atoms with Crippen molar-refractivity contribution < 1.29 is 13.9 Å². The molecular weight excluding hydrogens is 468 g/mol. The molecule has 0 N–H and O–H groups in total. The first-order chi connectivity index (χ1) is 18.0. The van der Waals surface area contributed by atoms with E-state index in [1.54, 1.807) is 19.2 Å². The van der Waals surface area contributed by atoms with Crippen molar-refractivity contribution in [1.29, 1.82) is 0 Å². The standard InChI is InChI=1S/C30H30N2O5/c1-19-27(11-10-24-29(34)25(18-37-30(19)24)21-6-8-23(35-2)9-7-21)36-13-12-31-15-20-14-22(17-31)26-4-3-5-28(33)32(26)16-20/h3-11,18,20,22H,12-17H2,1-2H3/t20-,22+/m0/s1. The summed E-state index contributed by atoms with van der Waals surface area (Å²) < 4.78 is 19.3. The van der Waals surface area contributed by atoms with Crippen LogP contribution in [0.3, 0.4) is 0 Å². The van der Waals surface area contributed by atoms with Crippen molar-refractivity contribution in [2.75, 3.05) is 33.4 Å². The van der Waals surface area contributed by atoms with Gasteiger partial charge in [-0.2, -0.15) is 0 Å². The van der Waals surface area contributed by atoms with Crippen LogP contribution in [0.15, 0.2) is 74.9 Å². The van der Waals surface area contributed by atoms with Gasteiger partial charge in [-0.25, -0.2) is 0 Å². The first-order valence-corrected chi connectivity index (χ1v) is 12.8. The van der Waals surface area contributed by atoms with Crippen LogP contribution in [0.25, 0.3) is 22.1 Å². The molecule has 2 aliphatic heterocycles. The summed E-state index contributed by atoms with van der Waals surface area (Å²) in [6, 6.07) is 16.6. The second-order valence-electron chi connectivity index (χ2n) is 10.1. The van der Waals surface area contributed by atoms with Gasteiger partial charge in [0.1, 0.15) is 30.0 Å². The number of rotatable bonds is 6. The highest BCUT2D eigenvalue weighted by molar-refractivity contribution is 5.85. The summed E-state index contributed by atoms with van der Waals surface area (Å²) in [6.07, 6.45) is 2.67. The maximum absolute atomic E-state index is 13.2. The van der Waals surface area contributed by atoms with Crippen LogP contribution in [0.5, 0.6) is 11.5 Å². The number of nitrogens with zero attached hydrogens (tertiary/aromatic N) is 2. The largest absolute Gasteiger partial charge is 0.497 e. The Kier molecular flexibility index (Phi) is 6.08. The molecule has 1 saturated heterocycles. The Balaban J connectivity index is 1.15. The molecule has 2 aromatic carbocycles. The SMILES string of the molecule is COc1ccc(-c2coc3c(C)c(OCCN4C[C@@H]5C[C@H](C4)c4cccc(=O)n4C5)ccc3c2=O)cc1. The van der Waals surface area contributed by atoms with E-state index in [1.807, 2.05) is 47.9 Å². The first-order valence-electron chi connectivity index (χ1n) is 12.8. The van der Waals surface area contributed by atoms with Crippen molar-refractivity contribution in [2.24, 2.45) is 5.92 Å². The van der Waals surface area contributed by atoms with Gasteiger partial charge < -0.3 is 18.5 Å². The Morgan fingerprint density at radius 2 is 1.84 bits per heavy atom. The molecule has 6 rings (SSSR count). The van der Waals surface area contributed by atoms with Crippen molar-refractivity contribution in [3.63, 3.8) is 0 Å². The van der Waals surface area contributed by atoms with Crippen LogP contribution >= 0.6 is 0 Å². The molecule has 1 fully saturated rings. The van der Waals surface area contributed by atoms with Gasteiger partial charge >= 0.3 is 0 Å². The Morgan fingerprint density at radius 3 is 2.65 bits per heavy atom. The van der Waals surface area contributed by atoms with Gasteiger partial charge in [0.2, 0.25) is 5.43 Å². The van der Waals surface area contributed by atoms with Crippen LogP contribution in [0, 0.1) is 12.8 Å². The lowest BCUT2D eigenvalue weighted by Crippen LogP contribution is -2.48. The predicted molar refractivity (Wildman–Crippen MR) is 143 cm³/mol. The lowest BCUT2D eigenvalue weighted by molar-refractivity contribution is 0.104. The number of likely N-dealkylation sites (tertiary alicyclic amines) is 1. The number of methoxy groups -OCH3 is 1. The minimum absolute atomic E-state index is 0.0692. The highest BCUT2D eigenvalue weighted by atomic mass is 16.5. The number of hydrogen-bond donors (Lipinski definition) is 0. The normalized spacial score (nSPS) is 19.0. The molecule has 0 spiro atoms. The monoisotopic (exact) mass is 498 g/mol. The van der Waals surface area contributed by atoms with Gasteiger partial charge in [-0.1, -0.05) is 18.2 Å². The van der Waals surface area contributed by atoms with E-state index in [1.165, 1.54) is 6.26 Å². The molecule has 0 amide bonds. The van der Waals surface area contributed by atoms with Crippen molar-refractivity contribution in [1.82, 2.24) is 9.47 Å². The van der Waals surface area contributed by atoms with E-state index in [0.29, 0.717) is 35.0 Å². The summed E-state index contributed by atoms with van der Waals surface area (Å²) in [5, 5.41) is 0.538. The third-order valence-corrected chi connectivity index (χ3v) is 7.76. The maximum Gasteiger partial charge on any atom is 0.250 e. The van der Waals surface area contributed by atoms with Gasteiger partial charge in [-0.3, -0.25) is 14.5 Å². The maximum atomic E-state index is 13.2. The van der Waals surface area contributed by atoms with Crippen LogP contribution in [0.4, 0.5) is 0 Å². The third kappa shape index (κ3) is 4.33.